The number of hydrogen-bond acceptors (Lipinski definition) is 4. The van der Waals surface area contributed by atoms with Crippen molar-refractivity contribution in [2.75, 3.05) is 14.1 Å². The van der Waals surface area contributed by atoms with E-state index in [9.17, 15) is 14.9 Å². The fourth-order valence-electron chi connectivity index (χ4n) is 1.13. The molecule has 0 saturated carbocycles. The molecule has 6 nitrogen and oxygen atoms in total. The van der Waals surface area contributed by atoms with Crippen molar-refractivity contribution in [1.82, 2.24) is 9.88 Å². The molecule has 0 N–H and O–H groups in total. The van der Waals surface area contributed by atoms with E-state index >= 15 is 0 Å². The van der Waals surface area contributed by atoms with Crippen molar-refractivity contribution < 1.29 is 9.72 Å². The summed E-state index contributed by atoms with van der Waals surface area (Å²) in [6.07, 6.45) is 0. The maximum absolute atomic E-state index is 11.5. The highest BCUT2D eigenvalue weighted by atomic mass is 16.6. The Balaban J connectivity index is 3.20. The van der Waals surface area contributed by atoms with Crippen molar-refractivity contribution in [2.24, 2.45) is 0 Å². The second kappa shape index (κ2) is 4.04. The summed E-state index contributed by atoms with van der Waals surface area (Å²) in [6, 6.07) is 2.70. The van der Waals surface area contributed by atoms with Crippen LogP contribution in [-0.4, -0.2) is 34.8 Å². The summed E-state index contributed by atoms with van der Waals surface area (Å²) >= 11 is 0. The summed E-state index contributed by atoms with van der Waals surface area (Å²) in [5.41, 5.74) is 0.730. The van der Waals surface area contributed by atoms with Crippen LogP contribution in [0, 0.1) is 17.0 Å². The Bertz CT molecular complexity index is 415. The molecule has 1 aromatic rings. The van der Waals surface area contributed by atoms with Gasteiger partial charge in [0.25, 0.3) is 5.91 Å². The molecule has 0 spiro atoms. The normalized spacial score (nSPS) is 9.80. The average molecular weight is 209 g/mol. The zero-order valence-corrected chi connectivity index (χ0v) is 8.72. The topological polar surface area (TPSA) is 76.3 Å². The summed E-state index contributed by atoms with van der Waals surface area (Å²) < 4.78 is 0. The maximum Gasteiger partial charge on any atom is 0.364 e. The molecule has 1 aromatic heterocycles. The van der Waals surface area contributed by atoms with Gasteiger partial charge in [-0.2, -0.15) is 0 Å². The number of nitro groups is 1. The number of carbonyl (C=O) groups excluding carboxylic acids is 1. The third-order valence-corrected chi connectivity index (χ3v) is 1.78. The second-order valence-electron chi connectivity index (χ2n) is 3.31. The number of hydrogen-bond donors (Lipinski definition) is 0. The van der Waals surface area contributed by atoms with Crippen LogP contribution in [0.25, 0.3) is 0 Å². The molecular weight excluding hydrogens is 198 g/mol. The van der Waals surface area contributed by atoms with Gasteiger partial charge in [-0.1, -0.05) is 0 Å². The summed E-state index contributed by atoms with van der Waals surface area (Å²) in [4.78, 5) is 26.5. The first-order valence-corrected chi connectivity index (χ1v) is 4.26. The first-order chi connectivity index (χ1) is 6.91. The zero-order valence-electron chi connectivity index (χ0n) is 8.72. The van der Waals surface area contributed by atoms with Crippen LogP contribution >= 0.6 is 0 Å². The van der Waals surface area contributed by atoms with Crippen molar-refractivity contribution in [3.8, 4) is 0 Å². The molecule has 1 heterocycles. The standard InChI is InChI=1S/C9H11N3O3/c1-6-4-7(9(13)11(2)3)5-8(10-6)12(14)15/h4-5H,1-3H3. The van der Waals surface area contributed by atoms with Gasteiger partial charge in [0.05, 0.1) is 5.56 Å². The highest BCUT2D eigenvalue weighted by Crippen LogP contribution is 2.13. The number of amides is 1. The molecule has 0 fully saturated rings. The molecule has 0 aliphatic rings. The largest absolute Gasteiger partial charge is 0.364 e. The van der Waals surface area contributed by atoms with Gasteiger partial charge < -0.3 is 15.0 Å². The molecule has 0 bridgehead atoms. The molecule has 1 amide bonds. The number of rotatable bonds is 2. The fraction of sp³-hybridized carbons (Fsp3) is 0.333. The lowest BCUT2D eigenvalue weighted by atomic mass is 10.2. The summed E-state index contributed by atoms with van der Waals surface area (Å²) in [5, 5.41) is 10.5. The van der Waals surface area contributed by atoms with Gasteiger partial charge in [-0.3, -0.25) is 4.79 Å². The Labute approximate surface area is 86.7 Å². The van der Waals surface area contributed by atoms with Gasteiger partial charge in [-0.25, -0.2) is 0 Å². The quantitative estimate of drug-likeness (QED) is 0.537. The minimum atomic E-state index is -0.612. The molecule has 0 unspecified atom stereocenters. The highest BCUT2D eigenvalue weighted by molar-refractivity contribution is 5.94. The Hall–Kier alpha value is -1.98. The van der Waals surface area contributed by atoms with Gasteiger partial charge in [0, 0.05) is 27.1 Å². The first-order valence-electron chi connectivity index (χ1n) is 4.26. The first kappa shape index (κ1) is 11.1. The lowest BCUT2D eigenvalue weighted by Crippen LogP contribution is -2.22. The summed E-state index contributed by atoms with van der Waals surface area (Å²) in [5.74, 6) is -0.580. The molecule has 6 heteroatoms. The molecule has 15 heavy (non-hydrogen) atoms. The third kappa shape index (κ3) is 2.49. The lowest BCUT2D eigenvalue weighted by molar-refractivity contribution is -0.389. The van der Waals surface area contributed by atoms with E-state index in [1.54, 1.807) is 21.0 Å². The van der Waals surface area contributed by atoms with E-state index in [1.165, 1.54) is 17.0 Å². The summed E-state index contributed by atoms with van der Waals surface area (Å²) in [6.45, 7) is 1.61. The third-order valence-electron chi connectivity index (χ3n) is 1.78. The molecule has 0 aromatic carbocycles. The van der Waals surface area contributed by atoms with Gasteiger partial charge in [0.2, 0.25) is 0 Å². The van der Waals surface area contributed by atoms with E-state index < -0.39 is 4.92 Å². The number of nitrogens with zero attached hydrogens (tertiary/aromatic N) is 3. The Morgan fingerprint density at radius 2 is 2.07 bits per heavy atom. The van der Waals surface area contributed by atoms with E-state index in [-0.39, 0.29) is 17.3 Å². The molecule has 1 rings (SSSR count). The molecular formula is C9H11N3O3. The molecule has 0 saturated heterocycles. The number of aryl methyl sites for hydroxylation is 1. The van der Waals surface area contributed by atoms with E-state index in [0.29, 0.717) is 5.69 Å². The minimum Gasteiger partial charge on any atom is -0.358 e. The van der Waals surface area contributed by atoms with Crippen LogP contribution in [0.3, 0.4) is 0 Å². The van der Waals surface area contributed by atoms with Gasteiger partial charge in [-0.05, 0) is 16.0 Å². The average Bonchev–Trinajstić information content (AvgIpc) is 2.15. The Morgan fingerprint density at radius 1 is 1.47 bits per heavy atom. The number of aromatic nitrogens is 1. The van der Waals surface area contributed by atoms with Crippen molar-refractivity contribution in [3.05, 3.63) is 33.5 Å². The van der Waals surface area contributed by atoms with E-state index in [1.807, 2.05) is 0 Å². The van der Waals surface area contributed by atoms with Gasteiger partial charge in [0.15, 0.2) is 5.69 Å². The zero-order chi connectivity index (χ0) is 11.6. The van der Waals surface area contributed by atoms with E-state index in [2.05, 4.69) is 4.98 Å². The second-order valence-corrected chi connectivity index (χ2v) is 3.31. The molecule has 0 aliphatic heterocycles. The minimum absolute atomic E-state index is 0.274. The van der Waals surface area contributed by atoms with Crippen molar-refractivity contribution >= 4 is 11.7 Å². The SMILES string of the molecule is Cc1cc(C(=O)N(C)C)cc([N+](=O)[O-])n1. The molecule has 0 atom stereocenters. The molecule has 0 radical (unpaired) electrons. The van der Waals surface area contributed by atoms with Crippen molar-refractivity contribution in [2.45, 2.75) is 6.92 Å². The van der Waals surface area contributed by atoms with Crippen LogP contribution < -0.4 is 0 Å². The fourth-order valence-corrected chi connectivity index (χ4v) is 1.13. The maximum atomic E-state index is 11.5. The van der Waals surface area contributed by atoms with E-state index in [4.69, 9.17) is 0 Å². The highest BCUT2D eigenvalue weighted by Gasteiger charge is 2.16. The smallest absolute Gasteiger partial charge is 0.358 e. The van der Waals surface area contributed by atoms with Crippen molar-refractivity contribution in [1.29, 1.82) is 0 Å². The Kier molecular flexibility index (Phi) is 2.99. The monoisotopic (exact) mass is 209 g/mol. The van der Waals surface area contributed by atoms with E-state index in [0.717, 1.165) is 0 Å². The van der Waals surface area contributed by atoms with Crippen LogP contribution in [0.5, 0.6) is 0 Å². The van der Waals surface area contributed by atoms with Gasteiger partial charge in [-0.15, -0.1) is 0 Å². The predicted molar refractivity (Wildman–Crippen MR) is 53.6 cm³/mol. The number of carbonyl (C=O) groups is 1. The van der Waals surface area contributed by atoms with Crippen LogP contribution in [0.2, 0.25) is 0 Å². The van der Waals surface area contributed by atoms with Crippen LogP contribution in [0.15, 0.2) is 12.1 Å². The predicted octanol–water partition coefficient (Wildman–Crippen LogP) is 1.00. The summed E-state index contributed by atoms with van der Waals surface area (Å²) in [7, 11) is 3.17. The van der Waals surface area contributed by atoms with Crippen LogP contribution in [0.1, 0.15) is 16.1 Å². The lowest BCUT2D eigenvalue weighted by Gasteiger charge is -2.09. The molecule has 80 valence electrons. The van der Waals surface area contributed by atoms with Crippen molar-refractivity contribution in [3.63, 3.8) is 0 Å². The van der Waals surface area contributed by atoms with Crippen LogP contribution in [-0.2, 0) is 0 Å². The van der Waals surface area contributed by atoms with Gasteiger partial charge >= 0.3 is 5.82 Å². The Morgan fingerprint density at radius 3 is 2.53 bits per heavy atom. The van der Waals surface area contributed by atoms with Crippen LogP contribution in [0.4, 0.5) is 5.82 Å². The number of pyridine rings is 1. The molecule has 0 aliphatic carbocycles. The van der Waals surface area contributed by atoms with Gasteiger partial charge in [0.1, 0.15) is 0 Å².